The molecule has 0 aromatic carbocycles. The Bertz CT molecular complexity index is 435. The second kappa shape index (κ2) is 5.40. The molecule has 4 N–H and O–H groups in total. The van der Waals surface area contributed by atoms with Crippen molar-refractivity contribution in [1.29, 1.82) is 0 Å². The summed E-state index contributed by atoms with van der Waals surface area (Å²) >= 11 is 0. The third-order valence-electron chi connectivity index (χ3n) is 4.31. The topological polar surface area (TPSA) is 105 Å². The summed E-state index contributed by atoms with van der Waals surface area (Å²) < 4.78 is 0. The van der Waals surface area contributed by atoms with Crippen LogP contribution in [0.4, 0.5) is 4.79 Å². The highest BCUT2D eigenvalue weighted by Gasteiger charge is 2.46. The van der Waals surface area contributed by atoms with Gasteiger partial charge in [0.25, 0.3) is 5.91 Å². The molecule has 2 aliphatic rings. The van der Waals surface area contributed by atoms with Crippen molar-refractivity contribution in [3.05, 3.63) is 0 Å². The van der Waals surface area contributed by atoms with Crippen LogP contribution in [0.1, 0.15) is 33.1 Å². The highest BCUT2D eigenvalue weighted by Crippen LogP contribution is 2.25. The number of amides is 4. The molecule has 0 spiro atoms. The second-order valence-electron chi connectivity index (χ2n) is 6.01. The molecule has 0 bridgehead atoms. The molecule has 2 fully saturated rings. The Labute approximate surface area is 118 Å². The third-order valence-corrected chi connectivity index (χ3v) is 4.31. The van der Waals surface area contributed by atoms with E-state index in [1.165, 1.54) is 4.90 Å². The molecule has 1 aliphatic heterocycles. The first-order valence-corrected chi connectivity index (χ1v) is 6.98. The Morgan fingerprint density at radius 1 is 1.45 bits per heavy atom. The van der Waals surface area contributed by atoms with E-state index in [-0.39, 0.29) is 24.4 Å². The Hall–Kier alpha value is -1.63. The molecule has 1 heterocycles. The van der Waals surface area contributed by atoms with Gasteiger partial charge < -0.3 is 16.0 Å². The summed E-state index contributed by atoms with van der Waals surface area (Å²) in [6, 6.07) is -0.436. The van der Waals surface area contributed by atoms with Crippen LogP contribution in [0.25, 0.3) is 0 Å². The van der Waals surface area contributed by atoms with E-state index in [0.717, 1.165) is 19.3 Å². The van der Waals surface area contributed by atoms with Crippen molar-refractivity contribution in [2.45, 2.75) is 44.7 Å². The van der Waals surface area contributed by atoms with Crippen molar-refractivity contribution in [3.63, 3.8) is 0 Å². The van der Waals surface area contributed by atoms with Crippen LogP contribution in [0.15, 0.2) is 0 Å². The largest absolute Gasteiger partial charge is 0.352 e. The average molecular weight is 282 g/mol. The number of rotatable bonds is 4. The molecule has 20 heavy (non-hydrogen) atoms. The van der Waals surface area contributed by atoms with Gasteiger partial charge in [0.1, 0.15) is 12.1 Å². The lowest BCUT2D eigenvalue weighted by molar-refractivity contribution is -0.127. The van der Waals surface area contributed by atoms with Crippen LogP contribution < -0.4 is 16.4 Å². The maximum absolute atomic E-state index is 12.1. The number of imide groups is 1. The van der Waals surface area contributed by atoms with Crippen molar-refractivity contribution in [2.75, 3.05) is 13.1 Å². The molecule has 2 rings (SSSR count). The van der Waals surface area contributed by atoms with Crippen LogP contribution >= 0.6 is 0 Å². The Balaban J connectivity index is 1.95. The summed E-state index contributed by atoms with van der Waals surface area (Å²) in [5.41, 5.74) is 4.69. The van der Waals surface area contributed by atoms with E-state index in [2.05, 4.69) is 10.6 Å². The molecule has 4 amide bonds. The van der Waals surface area contributed by atoms with Crippen LogP contribution in [-0.4, -0.2) is 47.4 Å². The molecular weight excluding hydrogens is 260 g/mol. The van der Waals surface area contributed by atoms with Gasteiger partial charge in [0.15, 0.2) is 0 Å². The van der Waals surface area contributed by atoms with Crippen molar-refractivity contribution < 1.29 is 14.4 Å². The number of carbonyl (C=O) groups excluding carboxylic acids is 3. The molecule has 1 aliphatic carbocycles. The van der Waals surface area contributed by atoms with Crippen molar-refractivity contribution in [1.82, 2.24) is 15.5 Å². The molecule has 1 saturated heterocycles. The first kappa shape index (κ1) is 14.8. The monoisotopic (exact) mass is 282 g/mol. The van der Waals surface area contributed by atoms with Crippen molar-refractivity contribution in [2.24, 2.45) is 11.7 Å². The maximum Gasteiger partial charge on any atom is 0.325 e. The molecule has 0 aromatic rings. The molecule has 0 radical (unpaired) electrons. The predicted molar refractivity (Wildman–Crippen MR) is 72.6 cm³/mol. The zero-order valence-electron chi connectivity index (χ0n) is 11.9. The zero-order valence-corrected chi connectivity index (χ0v) is 11.9. The molecule has 7 heteroatoms. The first-order chi connectivity index (χ1) is 9.36. The molecule has 1 saturated carbocycles. The second-order valence-corrected chi connectivity index (χ2v) is 6.01. The molecular formula is C13H22N4O3. The molecule has 112 valence electrons. The van der Waals surface area contributed by atoms with E-state index < -0.39 is 11.6 Å². The minimum atomic E-state index is -0.989. The van der Waals surface area contributed by atoms with Crippen LogP contribution in [0.2, 0.25) is 0 Å². The predicted octanol–water partition coefficient (Wildman–Crippen LogP) is -0.440. The van der Waals surface area contributed by atoms with Crippen LogP contribution in [0.5, 0.6) is 0 Å². The molecule has 0 aromatic heterocycles. The highest BCUT2D eigenvalue weighted by atomic mass is 16.2. The van der Waals surface area contributed by atoms with Gasteiger partial charge in [-0.1, -0.05) is 6.42 Å². The summed E-state index contributed by atoms with van der Waals surface area (Å²) in [5, 5.41) is 5.15. The van der Waals surface area contributed by atoms with Crippen LogP contribution in [-0.2, 0) is 9.59 Å². The van der Waals surface area contributed by atoms with Gasteiger partial charge in [0.2, 0.25) is 5.91 Å². The number of hydrogen-bond donors (Lipinski definition) is 3. The minimum absolute atomic E-state index is 0.0805. The Morgan fingerprint density at radius 2 is 2.15 bits per heavy atom. The van der Waals surface area contributed by atoms with E-state index >= 15 is 0 Å². The quantitative estimate of drug-likeness (QED) is 0.608. The number of carbonyl (C=O) groups is 3. The van der Waals surface area contributed by atoms with E-state index in [0.29, 0.717) is 12.5 Å². The molecule has 7 nitrogen and oxygen atoms in total. The van der Waals surface area contributed by atoms with E-state index in [9.17, 15) is 14.4 Å². The summed E-state index contributed by atoms with van der Waals surface area (Å²) in [4.78, 5) is 36.6. The number of nitrogens with one attached hydrogen (secondary N) is 2. The van der Waals surface area contributed by atoms with Crippen molar-refractivity contribution in [3.8, 4) is 0 Å². The zero-order chi connectivity index (χ0) is 14.9. The lowest BCUT2D eigenvalue weighted by Crippen LogP contribution is -2.51. The van der Waals surface area contributed by atoms with Gasteiger partial charge in [-0.3, -0.25) is 14.9 Å². The highest BCUT2D eigenvalue weighted by molar-refractivity contribution is 6.07. The lowest BCUT2D eigenvalue weighted by atomic mass is 10.0. The van der Waals surface area contributed by atoms with E-state index in [1.54, 1.807) is 13.8 Å². The van der Waals surface area contributed by atoms with Crippen molar-refractivity contribution >= 4 is 17.8 Å². The smallest absolute Gasteiger partial charge is 0.325 e. The molecule has 0 unspecified atom stereocenters. The third kappa shape index (κ3) is 2.63. The number of nitrogens with zero attached hydrogens (tertiary/aromatic N) is 1. The van der Waals surface area contributed by atoms with Gasteiger partial charge in [-0.05, 0) is 39.2 Å². The van der Waals surface area contributed by atoms with Gasteiger partial charge in [0, 0.05) is 6.04 Å². The van der Waals surface area contributed by atoms with E-state index in [1.807, 2.05) is 0 Å². The number of hydrogen-bond acceptors (Lipinski definition) is 4. The lowest BCUT2D eigenvalue weighted by Gasteiger charge is -2.28. The molecule has 2 atom stereocenters. The normalized spacial score (nSPS) is 28.6. The fourth-order valence-electron chi connectivity index (χ4n) is 2.87. The van der Waals surface area contributed by atoms with Gasteiger partial charge in [-0.2, -0.15) is 0 Å². The number of urea groups is 1. The van der Waals surface area contributed by atoms with Gasteiger partial charge in [-0.25, -0.2) is 4.79 Å². The summed E-state index contributed by atoms with van der Waals surface area (Å²) in [7, 11) is 0. The standard InChI is InChI=1S/C13H22N4O3/c1-13(2)11(19)16-12(20)17(13)7-10(18)15-9-5-3-4-8(9)6-14/h8-9H,3-7,14H2,1-2H3,(H,15,18)(H,16,19,20)/t8-,9-/m0/s1. The first-order valence-electron chi connectivity index (χ1n) is 6.98. The fourth-order valence-corrected chi connectivity index (χ4v) is 2.87. The summed E-state index contributed by atoms with van der Waals surface area (Å²) in [6.07, 6.45) is 3.00. The summed E-state index contributed by atoms with van der Waals surface area (Å²) in [6.45, 7) is 3.69. The van der Waals surface area contributed by atoms with Crippen LogP contribution in [0, 0.1) is 5.92 Å². The SMILES string of the molecule is CC1(C)C(=O)NC(=O)N1CC(=O)N[C@H]1CCC[C@H]1CN. The Morgan fingerprint density at radius 3 is 2.70 bits per heavy atom. The van der Waals surface area contributed by atoms with Gasteiger partial charge >= 0.3 is 6.03 Å². The van der Waals surface area contributed by atoms with Gasteiger partial charge in [0.05, 0.1) is 0 Å². The fraction of sp³-hybridized carbons (Fsp3) is 0.769. The van der Waals surface area contributed by atoms with Crippen LogP contribution in [0.3, 0.4) is 0 Å². The summed E-state index contributed by atoms with van der Waals surface area (Å²) in [5.74, 6) is -0.315. The number of nitrogens with two attached hydrogens (primary N) is 1. The maximum atomic E-state index is 12.1. The minimum Gasteiger partial charge on any atom is -0.352 e. The van der Waals surface area contributed by atoms with Gasteiger partial charge in [-0.15, -0.1) is 0 Å². The van der Waals surface area contributed by atoms with E-state index in [4.69, 9.17) is 5.73 Å². The average Bonchev–Trinajstić information content (AvgIpc) is 2.88. The Kier molecular flexibility index (Phi) is 3.99.